The van der Waals surface area contributed by atoms with E-state index in [4.69, 9.17) is 0 Å². The molecule has 0 saturated heterocycles. The Kier molecular flexibility index (Phi) is 4.69. The number of carbonyl (C=O) groups excluding carboxylic acids is 1. The van der Waals surface area contributed by atoms with Gasteiger partial charge in [0.15, 0.2) is 5.78 Å². The van der Waals surface area contributed by atoms with Crippen LogP contribution in [-0.2, 0) is 9.59 Å². The quantitative estimate of drug-likeness (QED) is 0.862. The second-order valence-electron chi connectivity index (χ2n) is 6.69. The number of Topliss-reactive ketones (excluding diaryl/α,β-unsaturated/α-hetero) is 1. The van der Waals surface area contributed by atoms with Gasteiger partial charge in [-0.2, -0.15) is 13.2 Å². The molecule has 1 aliphatic carbocycles. The van der Waals surface area contributed by atoms with E-state index in [0.717, 1.165) is 13.1 Å². The first-order valence-corrected chi connectivity index (χ1v) is 7.62. The van der Waals surface area contributed by atoms with Crippen molar-refractivity contribution in [1.82, 2.24) is 0 Å². The van der Waals surface area contributed by atoms with Crippen molar-refractivity contribution in [3.63, 3.8) is 0 Å². The predicted molar refractivity (Wildman–Crippen MR) is 78.3 cm³/mol. The number of alkyl halides is 3. The maximum atomic E-state index is 13.5. The Bertz CT molecular complexity index is 570. The molecule has 0 aromatic heterocycles. The van der Waals surface area contributed by atoms with Gasteiger partial charge in [0.2, 0.25) is 0 Å². The summed E-state index contributed by atoms with van der Waals surface area (Å²) in [6.07, 6.45) is -2.08. The summed E-state index contributed by atoms with van der Waals surface area (Å²) in [6, 6.07) is 0. The fourth-order valence-electron chi connectivity index (χ4n) is 3.54. The Morgan fingerprint density at radius 3 is 2.30 bits per heavy atom. The molecule has 1 unspecified atom stereocenters. The van der Waals surface area contributed by atoms with E-state index in [1.165, 1.54) is 0 Å². The van der Waals surface area contributed by atoms with Gasteiger partial charge in [-0.3, -0.25) is 14.6 Å². The maximum absolute atomic E-state index is 13.5. The number of aliphatic imine (C=N–C) groups is 1. The number of carboxylic acids is 1. The van der Waals surface area contributed by atoms with Crippen molar-refractivity contribution in [3.8, 4) is 0 Å². The van der Waals surface area contributed by atoms with Crippen LogP contribution in [0.3, 0.4) is 0 Å². The van der Waals surface area contributed by atoms with Crippen LogP contribution in [0.5, 0.6) is 0 Å². The number of aliphatic carboxylic acids is 1. The molecule has 1 N–H and O–H groups in total. The fourth-order valence-corrected chi connectivity index (χ4v) is 3.54. The SMILES string of the molecule is CC(=O)C1=C(C(F)(F)F)C(C2CCC(C)(C(=O)O)CC2)CN=C1. The molecule has 0 radical (unpaired) electrons. The second kappa shape index (κ2) is 6.09. The molecule has 1 atom stereocenters. The number of hydrogen-bond acceptors (Lipinski definition) is 3. The smallest absolute Gasteiger partial charge is 0.413 e. The number of rotatable bonds is 3. The number of carboxylic acid groups (broad SMARTS) is 1. The van der Waals surface area contributed by atoms with Crippen LogP contribution in [0.2, 0.25) is 0 Å². The third kappa shape index (κ3) is 3.48. The van der Waals surface area contributed by atoms with Crippen molar-refractivity contribution in [1.29, 1.82) is 0 Å². The van der Waals surface area contributed by atoms with E-state index in [1.807, 2.05) is 0 Å². The zero-order valence-electron chi connectivity index (χ0n) is 13.1. The highest BCUT2D eigenvalue weighted by Crippen LogP contribution is 2.47. The molecule has 7 heteroatoms. The average molecular weight is 331 g/mol. The molecule has 4 nitrogen and oxygen atoms in total. The van der Waals surface area contributed by atoms with Crippen molar-refractivity contribution in [2.75, 3.05) is 6.54 Å². The summed E-state index contributed by atoms with van der Waals surface area (Å²) >= 11 is 0. The van der Waals surface area contributed by atoms with Gasteiger partial charge in [0.1, 0.15) is 0 Å². The minimum absolute atomic E-state index is 0.0000751. The minimum Gasteiger partial charge on any atom is -0.481 e. The van der Waals surface area contributed by atoms with Crippen LogP contribution in [-0.4, -0.2) is 35.8 Å². The summed E-state index contributed by atoms with van der Waals surface area (Å²) in [5, 5.41) is 9.23. The zero-order chi connectivity index (χ0) is 17.4. The molecule has 0 bridgehead atoms. The molecule has 2 aliphatic rings. The minimum atomic E-state index is -4.58. The summed E-state index contributed by atoms with van der Waals surface area (Å²) in [7, 11) is 0. The standard InChI is InChI=1S/C16H20F3NO3/c1-9(21)11-7-20-8-12(13(11)16(17,18)19)10-3-5-15(2,6-4-10)14(22)23/h7,10,12H,3-6,8H2,1-2H3,(H,22,23). The maximum Gasteiger partial charge on any atom is 0.413 e. The van der Waals surface area contributed by atoms with E-state index in [1.54, 1.807) is 6.92 Å². The number of ketones is 1. The van der Waals surface area contributed by atoms with Crippen LogP contribution in [0.4, 0.5) is 13.2 Å². The summed E-state index contributed by atoms with van der Waals surface area (Å²) in [5.74, 6) is -2.71. The fraction of sp³-hybridized carbons (Fsp3) is 0.688. The first kappa shape index (κ1) is 17.7. The van der Waals surface area contributed by atoms with Gasteiger partial charge in [-0.25, -0.2) is 0 Å². The molecule has 0 aromatic carbocycles. The van der Waals surface area contributed by atoms with E-state index in [-0.39, 0.29) is 18.0 Å². The van der Waals surface area contributed by atoms with Crippen LogP contribution in [0.1, 0.15) is 39.5 Å². The lowest BCUT2D eigenvalue weighted by molar-refractivity contribution is -0.150. The van der Waals surface area contributed by atoms with E-state index >= 15 is 0 Å². The number of allylic oxidation sites excluding steroid dienone is 1. The largest absolute Gasteiger partial charge is 0.481 e. The third-order valence-electron chi connectivity index (χ3n) is 5.09. The molecule has 1 aliphatic heterocycles. The number of halogens is 3. The normalized spacial score (nSPS) is 32.0. The van der Waals surface area contributed by atoms with E-state index in [2.05, 4.69) is 4.99 Å². The van der Waals surface area contributed by atoms with Gasteiger partial charge in [-0.15, -0.1) is 0 Å². The molecule has 2 rings (SSSR count). The monoisotopic (exact) mass is 331 g/mol. The van der Waals surface area contributed by atoms with Crippen molar-refractivity contribution < 1.29 is 27.9 Å². The van der Waals surface area contributed by atoms with Gasteiger partial charge < -0.3 is 5.11 Å². The van der Waals surface area contributed by atoms with Gasteiger partial charge in [0.25, 0.3) is 0 Å². The lowest BCUT2D eigenvalue weighted by atomic mass is 9.66. The summed E-state index contributed by atoms with van der Waals surface area (Å²) in [6.45, 7) is 2.74. The van der Waals surface area contributed by atoms with E-state index < -0.39 is 34.8 Å². The van der Waals surface area contributed by atoms with Gasteiger partial charge in [-0.05, 0) is 45.4 Å². The van der Waals surface area contributed by atoms with Crippen molar-refractivity contribution in [3.05, 3.63) is 11.1 Å². The Morgan fingerprint density at radius 2 is 1.87 bits per heavy atom. The summed E-state index contributed by atoms with van der Waals surface area (Å²) in [5.41, 5.74) is -2.02. The van der Waals surface area contributed by atoms with Crippen LogP contribution < -0.4 is 0 Å². The van der Waals surface area contributed by atoms with Crippen molar-refractivity contribution in [2.45, 2.75) is 45.7 Å². The molecule has 0 aromatic rings. The first-order valence-electron chi connectivity index (χ1n) is 7.62. The zero-order valence-corrected chi connectivity index (χ0v) is 13.1. The van der Waals surface area contributed by atoms with Crippen LogP contribution in [0.15, 0.2) is 16.1 Å². The summed E-state index contributed by atoms with van der Waals surface area (Å²) < 4.78 is 40.4. The number of nitrogens with zero attached hydrogens (tertiary/aromatic N) is 1. The van der Waals surface area contributed by atoms with Crippen LogP contribution in [0, 0.1) is 17.3 Å². The van der Waals surface area contributed by atoms with Gasteiger partial charge in [-0.1, -0.05) is 0 Å². The number of carbonyl (C=O) groups is 2. The lowest BCUT2D eigenvalue weighted by Crippen LogP contribution is -2.38. The highest BCUT2D eigenvalue weighted by molar-refractivity contribution is 6.13. The Hall–Kier alpha value is -1.66. The van der Waals surface area contributed by atoms with Gasteiger partial charge in [0.05, 0.1) is 11.0 Å². The molecule has 128 valence electrons. The third-order valence-corrected chi connectivity index (χ3v) is 5.09. The summed E-state index contributed by atoms with van der Waals surface area (Å²) in [4.78, 5) is 26.8. The molecular weight excluding hydrogens is 311 g/mol. The van der Waals surface area contributed by atoms with E-state index in [9.17, 15) is 27.9 Å². The van der Waals surface area contributed by atoms with Gasteiger partial charge >= 0.3 is 12.1 Å². The van der Waals surface area contributed by atoms with Gasteiger partial charge in [0, 0.05) is 24.3 Å². The van der Waals surface area contributed by atoms with Crippen molar-refractivity contribution >= 4 is 18.0 Å². The topological polar surface area (TPSA) is 66.7 Å². The first-order chi connectivity index (χ1) is 10.6. The average Bonchev–Trinajstić information content (AvgIpc) is 2.46. The highest BCUT2D eigenvalue weighted by Gasteiger charge is 2.47. The molecule has 1 saturated carbocycles. The Morgan fingerprint density at radius 1 is 1.30 bits per heavy atom. The second-order valence-corrected chi connectivity index (χ2v) is 6.69. The molecule has 0 spiro atoms. The molecule has 23 heavy (non-hydrogen) atoms. The molecule has 1 heterocycles. The van der Waals surface area contributed by atoms with Crippen LogP contribution in [0.25, 0.3) is 0 Å². The Labute approximate surface area is 132 Å². The number of hydrogen-bond donors (Lipinski definition) is 1. The van der Waals surface area contributed by atoms with E-state index in [0.29, 0.717) is 25.7 Å². The lowest BCUT2D eigenvalue weighted by Gasteiger charge is -2.39. The Balaban J connectivity index is 2.28. The van der Waals surface area contributed by atoms with Crippen molar-refractivity contribution in [2.24, 2.45) is 22.2 Å². The molecular formula is C16H20F3NO3. The van der Waals surface area contributed by atoms with Crippen LogP contribution >= 0.6 is 0 Å². The highest BCUT2D eigenvalue weighted by atomic mass is 19.4. The number of dihydropyridines is 1. The molecule has 0 amide bonds. The molecule has 1 fully saturated rings. The predicted octanol–water partition coefficient (Wildman–Crippen LogP) is 3.42.